The average Bonchev–Trinajstić information content (AvgIpc) is 2.09. The minimum Gasteiger partial charge on any atom is -0.480 e. The summed E-state index contributed by atoms with van der Waals surface area (Å²) in [4.78, 5) is 20.8. The molecule has 0 saturated carbocycles. The third-order valence-corrected chi connectivity index (χ3v) is 1.47. The van der Waals surface area contributed by atoms with Crippen molar-refractivity contribution in [1.29, 1.82) is 0 Å². The first kappa shape index (κ1) is 13.7. The van der Waals surface area contributed by atoms with Gasteiger partial charge in [0, 0.05) is 20.1 Å². The van der Waals surface area contributed by atoms with Crippen LogP contribution in [0.15, 0.2) is 0 Å². The first-order valence-corrected chi connectivity index (χ1v) is 3.88. The van der Waals surface area contributed by atoms with Crippen LogP contribution < -0.4 is 5.32 Å². The molecule has 0 aromatic carbocycles. The molecule has 0 aliphatic heterocycles. The van der Waals surface area contributed by atoms with E-state index in [9.17, 15) is 22.8 Å². The van der Waals surface area contributed by atoms with E-state index in [1.165, 1.54) is 12.4 Å². The van der Waals surface area contributed by atoms with Gasteiger partial charge in [0.05, 0.1) is 0 Å². The Balaban J connectivity index is 4.29. The SMILES string of the molecule is COCCC(NC(=O)C(F)(F)F)C(=O)O. The van der Waals surface area contributed by atoms with Gasteiger partial charge < -0.3 is 15.2 Å². The summed E-state index contributed by atoms with van der Waals surface area (Å²) in [5.41, 5.74) is 0. The van der Waals surface area contributed by atoms with E-state index < -0.39 is 24.1 Å². The Labute approximate surface area is 83.2 Å². The van der Waals surface area contributed by atoms with E-state index >= 15 is 0 Å². The van der Waals surface area contributed by atoms with E-state index in [0.29, 0.717) is 0 Å². The lowest BCUT2D eigenvalue weighted by atomic mass is 10.2. The number of nitrogens with one attached hydrogen (secondary N) is 1. The number of carboxylic acids is 1. The number of aliphatic carboxylic acids is 1. The van der Waals surface area contributed by atoms with E-state index in [0.717, 1.165) is 0 Å². The molecule has 1 amide bonds. The summed E-state index contributed by atoms with van der Waals surface area (Å²) in [7, 11) is 1.27. The largest absolute Gasteiger partial charge is 0.480 e. The molecule has 88 valence electrons. The fraction of sp³-hybridized carbons (Fsp3) is 0.714. The van der Waals surface area contributed by atoms with Crippen LogP contribution >= 0.6 is 0 Å². The zero-order valence-corrected chi connectivity index (χ0v) is 7.80. The summed E-state index contributed by atoms with van der Waals surface area (Å²) in [5.74, 6) is -3.81. The van der Waals surface area contributed by atoms with Crippen LogP contribution in [0.2, 0.25) is 0 Å². The van der Waals surface area contributed by atoms with Crippen LogP contribution in [-0.2, 0) is 14.3 Å². The van der Waals surface area contributed by atoms with Crippen molar-refractivity contribution < 1.29 is 32.6 Å². The van der Waals surface area contributed by atoms with Gasteiger partial charge in [0.15, 0.2) is 0 Å². The van der Waals surface area contributed by atoms with E-state index in [4.69, 9.17) is 5.11 Å². The van der Waals surface area contributed by atoms with Gasteiger partial charge in [0.25, 0.3) is 0 Å². The number of carboxylic acid groups (broad SMARTS) is 1. The highest BCUT2D eigenvalue weighted by atomic mass is 19.4. The van der Waals surface area contributed by atoms with Gasteiger partial charge in [-0.2, -0.15) is 13.2 Å². The van der Waals surface area contributed by atoms with E-state index in [2.05, 4.69) is 4.74 Å². The summed E-state index contributed by atoms with van der Waals surface area (Å²) in [6.07, 6.45) is -5.31. The van der Waals surface area contributed by atoms with Gasteiger partial charge in [-0.3, -0.25) is 4.79 Å². The Morgan fingerprint density at radius 2 is 2.00 bits per heavy atom. The smallest absolute Gasteiger partial charge is 0.471 e. The molecule has 2 N–H and O–H groups in total. The van der Waals surface area contributed by atoms with Gasteiger partial charge in [-0.05, 0) is 0 Å². The summed E-state index contributed by atoms with van der Waals surface area (Å²) in [6.45, 7) is -0.0604. The number of carbonyl (C=O) groups is 2. The van der Waals surface area contributed by atoms with Crippen molar-refractivity contribution in [3.05, 3.63) is 0 Å². The lowest BCUT2D eigenvalue weighted by Crippen LogP contribution is -2.47. The third-order valence-electron chi connectivity index (χ3n) is 1.47. The van der Waals surface area contributed by atoms with Crippen LogP contribution in [0.1, 0.15) is 6.42 Å². The predicted molar refractivity (Wildman–Crippen MR) is 42.1 cm³/mol. The Morgan fingerprint density at radius 1 is 1.47 bits per heavy atom. The number of halogens is 3. The number of methoxy groups -OCH3 is 1. The van der Waals surface area contributed by atoms with Crippen LogP contribution in [0.3, 0.4) is 0 Å². The van der Waals surface area contributed by atoms with Crippen molar-refractivity contribution in [1.82, 2.24) is 5.32 Å². The molecule has 0 spiro atoms. The minimum absolute atomic E-state index is 0.0604. The third kappa shape index (κ3) is 5.21. The normalized spacial score (nSPS) is 13.3. The number of hydrogen-bond donors (Lipinski definition) is 2. The van der Waals surface area contributed by atoms with Gasteiger partial charge in [0.1, 0.15) is 6.04 Å². The molecule has 0 aromatic rings. The molecule has 0 bridgehead atoms. The van der Waals surface area contributed by atoms with E-state index in [1.807, 2.05) is 0 Å². The summed E-state index contributed by atoms with van der Waals surface area (Å²) in [6, 6.07) is -1.60. The average molecular weight is 229 g/mol. The standard InChI is InChI=1S/C7H10F3NO4/c1-15-3-2-4(5(12)13)11-6(14)7(8,9)10/h4H,2-3H2,1H3,(H,11,14)(H,12,13). The highest BCUT2D eigenvalue weighted by molar-refractivity contribution is 5.86. The first-order chi connectivity index (χ1) is 6.79. The van der Waals surface area contributed by atoms with Gasteiger partial charge in [-0.15, -0.1) is 0 Å². The highest BCUT2D eigenvalue weighted by Gasteiger charge is 2.40. The monoisotopic (exact) mass is 229 g/mol. The van der Waals surface area contributed by atoms with Crippen molar-refractivity contribution in [2.75, 3.05) is 13.7 Å². The van der Waals surface area contributed by atoms with Crippen molar-refractivity contribution >= 4 is 11.9 Å². The number of alkyl halides is 3. The van der Waals surface area contributed by atoms with Gasteiger partial charge in [-0.1, -0.05) is 0 Å². The van der Waals surface area contributed by atoms with E-state index in [-0.39, 0.29) is 13.0 Å². The molecule has 0 aromatic heterocycles. The molecule has 0 heterocycles. The second-order valence-corrected chi connectivity index (χ2v) is 2.64. The molecule has 8 heteroatoms. The van der Waals surface area contributed by atoms with E-state index in [1.54, 1.807) is 0 Å². The fourth-order valence-electron chi connectivity index (χ4n) is 0.733. The lowest BCUT2D eigenvalue weighted by molar-refractivity contribution is -0.175. The Bertz CT molecular complexity index is 241. The molecule has 0 fully saturated rings. The number of hydrogen-bond acceptors (Lipinski definition) is 3. The van der Waals surface area contributed by atoms with Crippen molar-refractivity contribution in [3.8, 4) is 0 Å². The summed E-state index contributed by atoms with van der Waals surface area (Å²) >= 11 is 0. The maximum absolute atomic E-state index is 11.8. The zero-order chi connectivity index (χ0) is 12.1. The summed E-state index contributed by atoms with van der Waals surface area (Å²) < 4.78 is 39.8. The molecule has 5 nitrogen and oxygen atoms in total. The van der Waals surface area contributed by atoms with Crippen LogP contribution in [0.5, 0.6) is 0 Å². The molecule has 1 unspecified atom stereocenters. The number of ether oxygens (including phenoxy) is 1. The second kappa shape index (κ2) is 5.54. The molecular formula is C7H10F3NO4. The Kier molecular flexibility index (Phi) is 5.06. The molecule has 15 heavy (non-hydrogen) atoms. The number of carbonyl (C=O) groups excluding carboxylic acids is 1. The lowest BCUT2D eigenvalue weighted by Gasteiger charge is -2.14. The molecular weight excluding hydrogens is 219 g/mol. The Morgan fingerprint density at radius 3 is 2.33 bits per heavy atom. The van der Waals surface area contributed by atoms with Crippen LogP contribution in [0.25, 0.3) is 0 Å². The molecule has 0 rings (SSSR count). The van der Waals surface area contributed by atoms with Crippen LogP contribution in [0.4, 0.5) is 13.2 Å². The quantitative estimate of drug-likeness (QED) is 0.703. The van der Waals surface area contributed by atoms with Gasteiger partial charge >= 0.3 is 18.1 Å². The van der Waals surface area contributed by atoms with Crippen molar-refractivity contribution in [2.24, 2.45) is 0 Å². The minimum atomic E-state index is -5.08. The van der Waals surface area contributed by atoms with Crippen molar-refractivity contribution in [2.45, 2.75) is 18.6 Å². The number of rotatable bonds is 5. The molecule has 1 atom stereocenters. The molecule has 0 aliphatic carbocycles. The molecule has 0 radical (unpaired) electrons. The van der Waals surface area contributed by atoms with Crippen molar-refractivity contribution in [3.63, 3.8) is 0 Å². The van der Waals surface area contributed by atoms with Crippen LogP contribution in [0, 0.1) is 0 Å². The maximum Gasteiger partial charge on any atom is 0.471 e. The van der Waals surface area contributed by atoms with Crippen LogP contribution in [-0.4, -0.2) is 42.9 Å². The first-order valence-electron chi connectivity index (χ1n) is 3.88. The molecule has 0 aliphatic rings. The maximum atomic E-state index is 11.8. The second-order valence-electron chi connectivity index (χ2n) is 2.64. The number of amides is 1. The predicted octanol–water partition coefficient (Wildman–Crippen LogP) is 0.155. The summed E-state index contributed by atoms with van der Waals surface area (Å²) in [5, 5.41) is 9.82. The van der Waals surface area contributed by atoms with Gasteiger partial charge in [0.2, 0.25) is 0 Å². The topological polar surface area (TPSA) is 75.6 Å². The highest BCUT2D eigenvalue weighted by Crippen LogP contribution is 2.14. The molecule has 0 saturated heterocycles. The van der Waals surface area contributed by atoms with Gasteiger partial charge in [-0.25, -0.2) is 4.79 Å². The fourth-order valence-corrected chi connectivity index (χ4v) is 0.733. The zero-order valence-electron chi connectivity index (χ0n) is 7.80. The Hall–Kier alpha value is -1.31.